The predicted octanol–water partition coefficient (Wildman–Crippen LogP) is 6.13. The molecule has 2 aromatic carbocycles. The molecule has 0 aliphatic heterocycles. The smallest absolute Gasteiger partial charge is 0.226 e. The first kappa shape index (κ1) is 25.7. The summed E-state index contributed by atoms with van der Waals surface area (Å²) in [5.74, 6) is 2.09. The fourth-order valence-corrected chi connectivity index (χ4v) is 4.72. The topological polar surface area (TPSA) is 97.1 Å². The SMILES string of the molecule is COc1ccc(OC)c(-c2cc(-c3ccccc3)nc(SCCC(=O)Nc3ncccc3C)c2C#N)c1. The standard InChI is InChI=1S/C29H26N4O3S/c1-19-8-7-14-31-28(19)33-27(34)13-15-37-29-24(18-30)22(17-25(32-29)20-9-5-4-6-10-20)23-16-21(35-2)11-12-26(23)36-3/h4-12,14,16-17H,13,15H2,1-3H3,(H,31,33,34). The Kier molecular flexibility index (Phi) is 8.39. The van der Waals surface area contributed by atoms with E-state index in [1.807, 2.05) is 73.7 Å². The molecular weight excluding hydrogens is 484 g/mol. The van der Waals surface area contributed by atoms with Gasteiger partial charge >= 0.3 is 0 Å². The van der Waals surface area contributed by atoms with Gasteiger partial charge in [-0.25, -0.2) is 9.97 Å². The first-order valence-corrected chi connectivity index (χ1v) is 12.6. The van der Waals surface area contributed by atoms with Crippen molar-refractivity contribution in [3.63, 3.8) is 0 Å². The molecule has 1 N–H and O–H groups in total. The number of rotatable bonds is 9. The highest BCUT2D eigenvalue weighted by Crippen LogP contribution is 2.40. The Labute approximate surface area is 220 Å². The molecule has 0 aliphatic rings. The molecule has 7 nitrogen and oxygen atoms in total. The fourth-order valence-electron chi connectivity index (χ4n) is 3.78. The van der Waals surface area contributed by atoms with Crippen molar-refractivity contribution in [3.8, 4) is 40.0 Å². The second-order valence-corrected chi connectivity index (χ2v) is 9.18. The molecule has 8 heteroatoms. The number of methoxy groups -OCH3 is 2. The third-order valence-electron chi connectivity index (χ3n) is 5.70. The van der Waals surface area contributed by atoms with Crippen molar-refractivity contribution in [2.24, 2.45) is 0 Å². The zero-order chi connectivity index (χ0) is 26.2. The van der Waals surface area contributed by atoms with E-state index in [1.54, 1.807) is 20.4 Å². The Morgan fingerprint density at radius 1 is 1.03 bits per heavy atom. The van der Waals surface area contributed by atoms with E-state index in [2.05, 4.69) is 16.4 Å². The number of nitrogens with one attached hydrogen (secondary N) is 1. The minimum Gasteiger partial charge on any atom is -0.497 e. The zero-order valence-corrected chi connectivity index (χ0v) is 21.6. The van der Waals surface area contributed by atoms with E-state index in [-0.39, 0.29) is 12.3 Å². The number of nitrogens with zero attached hydrogens (tertiary/aromatic N) is 3. The number of hydrogen-bond acceptors (Lipinski definition) is 7. The lowest BCUT2D eigenvalue weighted by atomic mass is 9.98. The van der Waals surface area contributed by atoms with Crippen LogP contribution in [0.15, 0.2) is 78.0 Å². The van der Waals surface area contributed by atoms with Crippen LogP contribution in [-0.2, 0) is 4.79 Å². The number of amides is 1. The van der Waals surface area contributed by atoms with E-state index < -0.39 is 0 Å². The van der Waals surface area contributed by atoms with Crippen LogP contribution in [0.5, 0.6) is 11.5 Å². The van der Waals surface area contributed by atoms with Gasteiger partial charge in [-0.15, -0.1) is 11.8 Å². The number of aryl methyl sites for hydroxylation is 1. The summed E-state index contributed by atoms with van der Waals surface area (Å²) in [5.41, 5.74) is 4.35. The van der Waals surface area contributed by atoms with Gasteiger partial charge in [0.1, 0.15) is 28.4 Å². The monoisotopic (exact) mass is 510 g/mol. The van der Waals surface area contributed by atoms with Gasteiger partial charge in [-0.1, -0.05) is 36.4 Å². The van der Waals surface area contributed by atoms with Gasteiger partial charge in [0, 0.05) is 35.1 Å². The number of pyridine rings is 2. The molecule has 4 aromatic rings. The number of ether oxygens (including phenoxy) is 2. The molecule has 186 valence electrons. The quantitative estimate of drug-likeness (QED) is 0.271. The molecule has 0 fully saturated rings. The second-order valence-electron chi connectivity index (χ2n) is 8.09. The van der Waals surface area contributed by atoms with Crippen molar-refractivity contribution >= 4 is 23.5 Å². The van der Waals surface area contributed by atoms with E-state index in [0.717, 1.165) is 22.4 Å². The van der Waals surface area contributed by atoms with Crippen molar-refractivity contribution in [2.75, 3.05) is 25.3 Å². The summed E-state index contributed by atoms with van der Waals surface area (Å²) in [6.07, 6.45) is 1.88. The van der Waals surface area contributed by atoms with Crippen LogP contribution in [0.1, 0.15) is 17.5 Å². The minimum atomic E-state index is -0.151. The number of hydrogen-bond donors (Lipinski definition) is 1. The van der Waals surface area contributed by atoms with Crippen LogP contribution in [-0.4, -0.2) is 35.8 Å². The van der Waals surface area contributed by atoms with Crippen LogP contribution in [0, 0.1) is 18.3 Å². The summed E-state index contributed by atoms with van der Waals surface area (Å²) in [5, 5.41) is 13.6. The molecule has 0 aliphatic carbocycles. The summed E-state index contributed by atoms with van der Waals surface area (Å²) in [4.78, 5) is 21.6. The molecule has 2 heterocycles. The first-order chi connectivity index (χ1) is 18.0. The first-order valence-electron chi connectivity index (χ1n) is 11.6. The fraction of sp³-hybridized carbons (Fsp3) is 0.172. The molecule has 0 atom stereocenters. The van der Waals surface area contributed by atoms with Crippen LogP contribution < -0.4 is 14.8 Å². The molecule has 1 amide bonds. The normalized spacial score (nSPS) is 10.4. The molecule has 4 rings (SSSR count). The molecule has 0 saturated carbocycles. The maximum absolute atomic E-state index is 12.6. The van der Waals surface area contributed by atoms with Crippen LogP contribution in [0.25, 0.3) is 22.4 Å². The lowest BCUT2D eigenvalue weighted by molar-refractivity contribution is -0.115. The van der Waals surface area contributed by atoms with Gasteiger partial charge in [-0.3, -0.25) is 4.79 Å². The number of carbonyl (C=O) groups excluding carboxylic acids is 1. The average Bonchev–Trinajstić information content (AvgIpc) is 2.94. The molecule has 2 aromatic heterocycles. The highest BCUT2D eigenvalue weighted by atomic mass is 32.2. The molecule has 0 radical (unpaired) electrons. The number of thioether (sulfide) groups is 1. The van der Waals surface area contributed by atoms with Gasteiger partial charge in [0.2, 0.25) is 5.91 Å². The van der Waals surface area contributed by atoms with E-state index in [1.165, 1.54) is 11.8 Å². The zero-order valence-electron chi connectivity index (χ0n) is 20.8. The maximum atomic E-state index is 12.6. The lowest BCUT2D eigenvalue weighted by Gasteiger charge is -2.15. The number of aromatic nitrogens is 2. The predicted molar refractivity (Wildman–Crippen MR) is 146 cm³/mol. The Morgan fingerprint density at radius 2 is 1.84 bits per heavy atom. The van der Waals surface area contributed by atoms with Crippen LogP contribution >= 0.6 is 11.8 Å². The number of benzene rings is 2. The largest absolute Gasteiger partial charge is 0.497 e. The van der Waals surface area contributed by atoms with Crippen LogP contribution in [0.4, 0.5) is 5.82 Å². The van der Waals surface area contributed by atoms with Crippen LogP contribution in [0.2, 0.25) is 0 Å². The van der Waals surface area contributed by atoms with Gasteiger partial charge in [0.15, 0.2) is 0 Å². The molecular formula is C29H26N4O3S. The maximum Gasteiger partial charge on any atom is 0.226 e. The Bertz CT molecular complexity index is 1450. The van der Waals surface area contributed by atoms with Crippen LogP contribution in [0.3, 0.4) is 0 Å². The van der Waals surface area contributed by atoms with Crippen molar-refractivity contribution in [1.29, 1.82) is 5.26 Å². The third kappa shape index (κ3) is 6.08. The number of anilines is 1. The van der Waals surface area contributed by atoms with E-state index in [0.29, 0.717) is 39.2 Å². The Balaban J connectivity index is 1.69. The molecule has 0 saturated heterocycles. The summed E-state index contributed by atoms with van der Waals surface area (Å²) < 4.78 is 11.0. The summed E-state index contributed by atoms with van der Waals surface area (Å²) in [6, 6.07) is 23.2. The molecule has 0 unspecified atom stereocenters. The second kappa shape index (κ2) is 12.1. The highest BCUT2D eigenvalue weighted by molar-refractivity contribution is 7.99. The van der Waals surface area contributed by atoms with Gasteiger partial charge in [0.25, 0.3) is 0 Å². The van der Waals surface area contributed by atoms with E-state index in [9.17, 15) is 10.1 Å². The molecule has 0 bridgehead atoms. The lowest BCUT2D eigenvalue weighted by Crippen LogP contribution is -2.14. The average molecular weight is 511 g/mol. The van der Waals surface area contributed by atoms with Crippen molar-refractivity contribution in [2.45, 2.75) is 18.4 Å². The van der Waals surface area contributed by atoms with Crippen molar-refractivity contribution in [1.82, 2.24) is 9.97 Å². The van der Waals surface area contributed by atoms with Crippen molar-refractivity contribution < 1.29 is 14.3 Å². The molecule has 0 spiro atoms. The third-order valence-corrected chi connectivity index (χ3v) is 6.68. The van der Waals surface area contributed by atoms with Gasteiger partial charge in [-0.05, 0) is 42.8 Å². The summed E-state index contributed by atoms with van der Waals surface area (Å²) in [7, 11) is 3.19. The number of carbonyl (C=O) groups is 1. The number of nitriles is 1. The van der Waals surface area contributed by atoms with Crippen molar-refractivity contribution in [3.05, 3.63) is 84.1 Å². The van der Waals surface area contributed by atoms with Gasteiger partial charge < -0.3 is 14.8 Å². The van der Waals surface area contributed by atoms with Gasteiger partial charge in [0.05, 0.1) is 25.5 Å². The summed E-state index contributed by atoms with van der Waals surface area (Å²) >= 11 is 1.37. The van der Waals surface area contributed by atoms with Gasteiger partial charge in [-0.2, -0.15) is 5.26 Å². The molecule has 37 heavy (non-hydrogen) atoms. The Hall–Kier alpha value is -4.35. The highest BCUT2D eigenvalue weighted by Gasteiger charge is 2.19. The van der Waals surface area contributed by atoms with E-state index >= 15 is 0 Å². The summed E-state index contributed by atoms with van der Waals surface area (Å²) in [6.45, 7) is 1.89. The van der Waals surface area contributed by atoms with E-state index in [4.69, 9.17) is 14.5 Å². The minimum absolute atomic E-state index is 0.151. The Morgan fingerprint density at radius 3 is 2.54 bits per heavy atom.